The molecule has 1 aliphatic heterocycles. The second kappa shape index (κ2) is 8.26. The molecular weight excluding hydrogens is 402 g/mol. The van der Waals surface area contributed by atoms with Crippen molar-refractivity contribution in [1.82, 2.24) is 19.9 Å². The number of hydrogen-bond donors (Lipinski definition) is 0. The third-order valence-corrected chi connectivity index (χ3v) is 4.97. The van der Waals surface area contributed by atoms with Gasteiger partial charge < -0.3 is 9.42 Å². The fourth-order valence-electron chi connectivity index (χ4n) is 3.18. The number of piperazine rings is 1. The van der Waals surface area contributed by atoms with Crippen LogP contribution in [0.15, 0.2) is 47.0 Å². The predicted molar refractivity (Wildman–Crippen MR) is 102 cm³/mol. The first-order valence-corrected chi connectivity index (χ1v) is 9.42. The van der Waals surface area contributed by atoms with Crippen LogP contribution in [-0.4, -0.2) is 52.0 Å². The second-order valence-corrected chi connectivity index (χ2v) is 7.16. The zero-order valence-corrected chi connectivity index (χ0v) is 16.1. The molecule has 1 aromatic heterocycles. The number of rotatable bonds is 4. The van der Waals surface area contributed by atoms with E-state index < -0.39 is 11.6 Å². The van der Waals surface area contributed by atoms with Gasteiger partial charge in [0.2, 0.25) is 11.7 Å². The third kappa shape index (κ3) is 4.44. The van der Waals surface area contributed by atoms with Gasteiger partial charge in [0, 0.05) is 42.3 Å². The number of hydrogen-bond acceptors (Lipinski definition) is 5. The minimum atomic E-state index is -1.03. The maximum Gasteiger partial charge on any atom is 0.254 e. The summed E-state index contributed by atoms with van der Waals surface area (Å²) in [6.45, 7) is 2.59. The Bertz CT molecular complexity index is 1030. The molecule has 0 bridgehead atoms. The Labute approximate surface area is 170 Å². The monoisotopic (exact) mass is 418 g/mol. The van der Waals surface area contributed by atoms with Gasteiger partial charge in [-0.25, -0.2) is 8.78 Å². The van der Waals surface area contributed by atoms with Crippen LogP contribution in [0.3, 0.4) is 0 Å². The van der Waals surface area contributed by atoms with Gasteiger partial charge >= 0.3 is 0 Å². The minimum absolute atomic E-state index is 0.139. The number of aromatic nitrogens is 2. The average molecular weight is 419 g/mol. The van der Waals surface area contributed by atoms with Crippen molar-refractivity contribution < 1.29 is 18.1 Å². The van der Waals surface area contributed by atoms with Crippen molar-refractivity contribution in [2.45, 2.75) is 6.54 Å². The number of halogens is 3. The van der Waals surface area contributed by atoms with E-state index in [-0.39, 0.29) is 11.5 Å². The van der Waals surface area contributed by atoms with Crippen molar-refractivity contribution in [1.29, 1.82) is 0 Å². The lowest BCUT2D eigenvalue weighted by atomic mass is 10.1. The van der Waals surface area contributed by atoms with Gasteiger partial charge in [0.15, 0.2) is 11.6 Å². The Hall–Kier alpha value is -2.84. The number of benzene rings is 2. The molecule has 0 unspecified atom stereocenters. The molecule has 2 heterocycles. The molecule has 2 aromatic carbocycles. The number of carbonyl (C=O) groups is 1. The maximum atomic E-state index is 13.4. The normalized spacial score (nSPS) is 14.9. The summed E-state index contributed by atoms with van der Waals surface area (Å²) in [5.41, 5.74) is 0.912. The second-order valence-electron chi connectivity index (χ2n) is 6.72. The highest BCUT2D eigenvalue weighted by atomic mass is 35.5. The lowest BCUT2D eigenvalue weighted by Gasteiger charge is -2.34. The van der Waals surface area contributed by atoms with Crippen molar-refractivity contribution >= 4 is 17.5 Å². The molecule has 0 atom stereocenters. The summed E-state index contributed by atoms with van der Waals surface area (Å²) in [5.74, 6) is -1.37. The molecule has 3 aromatic rings. The first kappa shape index (κ1) is 19.5. The molecule has 4 rings (SSSR count). The first-order valence-electron chi connectivity index (χ1n) is 9.05. The molecular formula is C20H17ClF2N4O2. The Kier molecular flexibility index (Phi) is 5.55. The van der Waals surface area contributed by atoms with Crippen LogP contribution in [0.1, 0.15) is 16.2 Å². The molecule has 0 N–H and O–H groups in total. The van der Waals surface area contributed by atoms with Crippen LogP contribution in [0.25, 0.3) is 11.4 Å². The molecule has 0 aliphatic carbocycles. The van der Waals surface area contributed by atoms with Crippen LogP contribution >= 0.6 is 11.6 Å². The highest BCUT2D eigenvalue weighted by molar-refractivity contribution is 6.30. The quantitative estimate of drug-likeness (QED) is 0.647. The summed E-state index contributed by atoms with van der Waals surface area (Å²) < 4.78 is 31.8. The standard InChI is InChI=1S/C20H17ClF2N4O2/c21-15-3-1-2-13(10-15)19-24-18(29-25-19)12-26-6-8-27(9-7-26)20(28)14-4-5-16(22)17(23)11-14/h1-5,10-11H,6-9,12H2. The zero-order valence-electron chi connectivity index (χ0n) is 15.3. The molecule has 1 saturated heterocycles. The fraction of sp³-hybridized carbons (Fsp3) is 0.250. The number of nitrogens with zero attached hydrogens (tertiary/aromatic N) is 4. The molecule has 150 valence electrons. The van der Waals surface area contributed by atoms with Crippen molar-refractivity contribution in [2.75, 3.05) is 26.2 Å². The Morgan fingerprint density at radius 1 is 1.07 bits per heavy atom. The van der Waals surface area contributed by atoms with Crippen molar-refractivity contribution in [3.63, 3.8) is 0 Å². The summed E-state index contributed by atoms with van der Waals surface area (Å²) in [7, 11) is 0. The molecule has 6 nitrogen and oxygen atoms in total. The summed E-state index contributed by atoms with van der Waals surface area (Å²) >= 11 is 5.99. The lowest BCUT2D eigenvalue weighted by molar-refractivity contribution is 0.0614. The van der Waals surface area contributed by atoms with E-state index in [9.17, 15) is 13.6 Å². The van der Waals surface area contributed by atoms with Gasteiger partial charge in [-0.15, -0.1) is 0 Å². The van der Waals surface area contributed by atoms with E-state index >= 15 is 0 Å². The molecule has 0 radical (unpaired) electrons. The van der Waals surface area contributed by atoms with E-state index in [4.69, 9.17) is 16.1 Å². The molecule has 29 heavy (non-hydrogen) atoms. The smallest absolute Gasteiger partial charge is 0.254 e. The van der Waals surface area contributed by atoms with Crippen LogP contribution in [0.2, 0.25) is 5.02 Å². The summed E-state index contributed by atoms with van der Waals surface area (Å²) in [6.07, 6.45) is 0. The van der Waals surface area contributed by atoms with E-state index in [0.29, 0.717) is 49.5 Å². The van der Waals surface area contributed by atoms with Crippen LogP contribution in [-0.2, 0) is 6.54 Å². The van der Waals surface area contributed by atoms with Crippen molar-refractivity contribution in [3.05, 3.63) is 70.6 Å². The Balaban J connectivity index is 1.34. The highest BCUT2D eigenvalue weighted by Gasteiger charge is 2.24. The van der Waals surface area contributed by atoms with Gasteiger partial charge in [-0.2, -0.15) is 4.98 Å². The maximum absolute atomic E-state index is 13.4. The number of carbonyl (C=O) groups excluding carboxylic acids is 1. The Morgan fingerprint density at radius 2 is 1.86 bits per heavy atom. The van der Waals surface area contributed by atoms with Crippen LogP contribution in [0, 0.1) is 11.6 Å². The molecule has 9 heteroatoms. The molecule has 1 fully saturated rings. The molecule has 1 amide bonds. The fourth-order valence-corrected chi connectivity index (χ4v) is 3.37. The molecule has 1 aliphatic rings. The average Bonchev–Trinajstić information content (AvgIpc) is 3.19. The first-order chi connectivity index (χ1) is 14.0. The van der Waals surface area contributed by atoms with Crippen LogP contribution in [0.4, 0.5) is 8.78 Å². The van der Waals surface area contributed by atoms with Gasteiger partial charge in [-0.05, 0) is 30.3 Å². The Morgan fingerprint density at radius 3 is 2.59 bits per heavy atom. The zero-order chi connectivity index (χ0) is 20.4. The largest absolute Gasteiger partial charge is 0.338 e. The summed E-state index contributed by atoms with van der Waals surface area (Å²) in [5, 5.41) is 4.58. The van der Waals surface area contributed by atoms with Crippen molar-refractivity contribution in [2.24, 2.45) is 0 Å². The van der Waals surface area contributed by atoms with E-state index in [1.807, 2.05) is 12.1 Å². The third-order valence-electron chi connectivity index (χ3n) is 4.74. The van der Waals surface area contributed by atoms with Gasteiger partial charge in [-0.1, -0.05) is 28.9 Å². The summed E-state index contributed by atoms with van der Waals surface area (Å²) in [4.78, 5) is 20.6. The highest BCUT2D eigenvalue weighted by Crippen LogP contribution is 2.20. The van der Waals surface area contributed by atoms with Gasteiger partial charge in [0.1, 0.15) is 0 Å². The molecule has 0 saturated carbocycles. The predicted octanol–water partition coefficient (Wildman–Crippen LogP) is 3.63. The van der Waals surface area contributed by atoms with E-state index in [1.54, 1.807) is 17.0 Å². The van der Waals surface area contributed by atoms with Gasteiger partial charge in [0.25, 0.3) is 5.91 Å². The summed E-state index contributed by atoms with van der Waals surface area (Å²) in [6, 6.07) is 10.4. The number of amides is 1. The molecule has 0 spiro atoms. The topological polar surface area (TPSA) is 62.5 Å². The van der Waals surface area contributed by atoms with Gasteiger partial charge in [-0.3, -0.25) is 9.69 Å². The van der Waals surface area contributed by atoms with Crippen molar-refractivity contribution in [3.8, 4) is 11.4 Å². The lowest BCUT2D eigenvalue weighted by Crippen LogP contribution is -2.48. The minimum Gasteiger partial charge on any atom is -0.338 e. The van der Waals surface area contributed by atoms with Crippen LogP contribution < -0.4 is 0 Å². The van der Waals surface area contributed by atoms with E-state index in [2.05, 4.69) is 15.0 Å². The SMILES string of the molecule is O=C(c1ccc(F)c(F)c1)N1CCN(Cc2nc(-c3cccc(Cl)c3)no2)CC1. The van der Waals surface area contributed by atoms with Gasteiger partial charge in [0.05, 0.1) is 6.54 Å². The van der Waals surface area contributed by atoms with E-state index in [1.165, 1.54) is 6.07 Å². The van der Waals surface area contributed by atoms with Crippen LogP contribution in [0.5, 0.6) is 0 Å². The van der Waals surface area contributed by atoms with E-state index in [0.717, 1.165) is 17.7 Å².